The minimum Gasteiger partial charge on any atom is -0.368 e. The fraction of sp³-hybridized carbons (Fsp3) is 0.350. The first-order valence-corrected chi connectivity index (χ1v) is 8.61. The molecule has 1 amide bonds. The summed E-state index contributed by atoms with van der Waals surface area (Å²) in [6, 6.07) is 18.4. The van der Waals surface area contributed by atoms with Crippen LogP contribution in [-0.4, -0.2) is 50.6 Å². The summed E-state index contributed by atoms with van der Waals surface area (Å²) in [6.45, 7) is 4.19. The monoisotopic (exact) mass is 359 g/mol. The average molecular weight is 360 g/mol. The van der Waals surface area contributed by atoms with Gasteiger partial charge in [-0.2, -0.15) is 0 Å². The number of carbonyl (C=O) groups is 1. The lowest BCUT2D eigenvalue weighted by atomic mass is 10.0. The van der Waals surface area contributed by atoms with Gasteiger partial charge in [0, 0.05) is 37.4 Å². The number of carbonyl (C=O) groups excluding carboxylic acids is 1. The van der Waals surface area contributed by atoms with Crippen molar-refractivity contribution >= 4 is 24.0 Å². The van der Waals surface area contributed by atoms with Crippen molar-refractivity contribution in [3.8, 4) is 0 Å². The Morgan fingerprint density at radius 3 is 2.28 bits per heavy atom. The second-order valence-corrected chi connectivity index (χ2v) is 6.13. The van der Waals surface area contributed by atoms with Gasteiger partial charge in [0.25, 0.3) is 5.91 Å². The molecule has 2 aromatic carbocycles. The van der Waals surface area contributed by atoms with Crippen molar-refractivity contribution in [2.24, 2.45) is 0 Å². The van der Waals surface area contributed by atoms with Gasteiger partial charge in [-0.3, -0.25) is 4.79 Å². The summed E-state index contributed by atoms with van der Waals surface area (Å²) in [6.07, 6.45) is 0.877. The zero-order valence-electron chi connectivity index (χ0n) is 14.6. The molecular weight excluding hydrogens is 334 g/mol. The van der Waals surface area contributed by atoms with Gasteiger partial charge in [0.15, 0.2) is 0 Å². The Morgan fingerprint density at radius 1 is 0.960 bits per heavy atom. The van der Waals surface area contributed by atoms with Crippen LogP contribution in [0.25, 0.3) is 0 Å². The van der Waals surface area contributed by atoms with E-state index in [0.29, 0.717) is 0 Å². The van der Waals surface area contributed by atoms with Gasteiger partial charge in [-0.1, -0.05) is 36.4 Å². The lowest BCUT2D eigenvalue weighted by Gasteiger charge is -2.36. The van der Waals surface area contributed by atoms with Crippen molar-refractivity contribution in [2.75, 3.05) is 44.7 Å². The zero-order valence-corrected chi connectivity index (χ0v) is 15.5. The Balaban J connectivity index is 0.00000225. The topological polar surface area (TPSA) is 35.6 Å². The first-order valence-electron chi connectivity index (χ1n) is 8.61. The number of piperazine rings is 1. The third-order valence-corrected chi connectivity index (χ3v) is 4.58. The third kappa shape index (κ3) is 4.74. The van der Waals surface area contributed by atoms with Crippen molar-refractivity contribution in [3.63, 3.8) is 0 Å². The van der Waals surface area contributed by atoms with Crippen molar-refractivity contribution in [2.45, 2.75) is 6.42 Å². The maximum absolute atomic E-state index is 12.9. The van der Waals surface area contributed by atoms with E-state index >= 15 is 0 Å². The van der Waals surface area contributed by atoms with Crippen LogP contribution in [0.2, 0.25) is 0 Å². The minimum atomic E-state index is 0. The number of hydrogen-bond donors (Lipinski definition) is 1. The van der Waals surface area contributed by atoms with Crippen LogP contribution < -0.4 is 10.2 Å². The van der Waals surface area contributed by atoms with Gasteiger partial charge in [0.05, 0.1) is 0 Å². The fourth-order valence-corrected chi connectivity index (χ4v) is 3.18. The molecule has 1 aliphatic heterocycles. The summed E-state index contributed by atoms with van der Waals surface area (Å²) in [5.74, 6) is 0.161. The summed E-state index contributed by atoms with van der Waals surface area (Å²) in [5.41, 5.74) is 3.21. The van der Waals surface area contributed by atoms with Gasteiger partial charge in [0.2, 0.25) is 0 Å². The lowest BCUT2D eigenvalue weighted by Crippen LogP contribution is -2.49. The molecular formula is C20H26ClN3O. The second-order valence-electron chi connectivity index (χ2n) is 6.13. The van der Waals surface area contributed by atoms with Crippen LogP contribution in [-0.2, 0) is 6.42 Å². The molecule has 0 unspecified atom stereocenters. The molecule has 2 aromatic rings. The SMILES string of the molecule is CNCCc1ccccc1C(=O)N1CCN(c2ccccc2)CC1.Cl. The molecule has 1 heterocycles. The van der Waals surface area contributed by atoms with Crippen LogP contribution in [0, 0.1) is 0 Å². The molecule has 1 aliphatic rings. The van der Waals surface area contributed by atoms with Gasteiger partial charge in [-0.25, -0.2) is 0 Å². The van der Waals surface area contributed by atoms with Crippen LogP contribution in [0.3, 0.4) is 0 Å². The quantitative estimate of drug-likeness (QED) is 0.891. The molecule has 5 heteroatoms. The van der Waals surface area contributed by atoms with Crippen LogP contribution in [0.5, 0.6) is 0 Å². The third-order valence-electron chi connectivity index (χ3n) is 4.58. The minimum absolute atomic E-state index is 0. The molecule has 1 saturated heterocycles. The summed E-state index contributed by atoms with van der Waals surface area (Å²) >= 11 is 0. The highest BCUT2D eigenvalue weighted by Crippen LogP contribution is 2.18. The number of likely N-dealkylation sites (N-methyl/N-ethyl adjacent to an activating group) is 1. The molecule has 0 radical (unpaired) electrons. The van der Waals surface area contributed by atoms with E-state index in [-0.39, 0.29) is 18.3 Å². The van der Waals surface area contributed by atoms with E-state index in [1.54, 1.807) is 0 Å². The Kier molecular flexibility index (Phi) is 7.29. The van der Waals surface area contributed by atoms with Gasteiger partial charge in [0.1, 0.15) is 0 Å². The summed E-state index contributed by atoms with van der Waals surface area (Å²) < 4.78 is 0. The molecule has 3 rings (SSSR count). The Hall–Kier alpha value is -2.04. The number of anilines is 1. The van der Waals surface area contributed by atoms with Gasteiger partial charge >= 0.3 is 0 Å². The zero-order chi connectivity index (χ0) is 16.8. The summed E-state index contributed by atoms with van der Waals surface area (Å²) in [4.78, 5) is 17.2. The second kappa shape index (κ2) is 9.44. The number of nitrogens with zero attached hydrogens (tertiary/aromatic N) is 2. The molecule has 0 aromatic heterocycles. The van der Waals surface area contributed by atoms with E-state index in [1.165, 1.54) is 5.69 Å². The molecule has 0 aliphatic carbocycles. The number of amides is 1. The molecule has 0 saturated carbocycles. The molecule has 134 valence electrons. The lowest BCUT2D eigenvalue weighted by molar-refractivity contribution is 0.0745. The normalized spacial score (nSPS) is 14.1. The number of hydrogen-bond acceptors (Lipinski definition) is 3. The number of nitrogens with one attached hydrogen (secondary N) is 1. The molecule has 25 heavy (non-hydrogen) atoms. The van der Waals surface area contributed by atoms with Gasteiger partial charge < -0.3 is 15.1 Å². The number of para-hydroxylation sites is 1. The highest BCUT2D eigenvalue weighted by Gasteiger charge is 2.23. The standard InChI is InChI=1S/C20H25N3O.ClH/c1-21-12-11-17-7-5-6-10-19(17)20(24)23-15-13-22(14-16-23)18-8-3-2-4-9-18;/h2-10,21H,11-16H2,1H3;1H. The number of halogens is 1. The molecule has 0 atom stereocenters. The van der Waals surface area contributed by atoms with E-state index < -0.39 is 0 Å². The maximum Gasteiger partial charge on any atom is 0.254 e. The number of rotatable bonds is 5. The van der Waals surface area contributed by atoms with Crippen molar-refractivity contribution < 1.29 is 4.79 Å². The molecule has 4 nitrogen and oxygen atoms in total. The molecule has 1 fully saturated rings. The van der Waals surface area contributed by atoms with Crippen LogP contribution >= 0.6 is 12.4 Å². The highest BCUT2D eigenvalue weighted by atomic mass is 35.5. The highest BCUT2D eigenvalue weighted by molar-refractivity contribution is 5.95. The summed E-state index contributed by atoms with van der Waals surface area (Å²) in [5, 5.41) is 3.15. The number of benzene rings is 2. The Bertz CT molecular complexity index is 670. The van der Waals surface area contributed by atoms with Gasteiger partial charge in [-0.15, -0.1) is 12.4 Å². The molecule has 1 N–H and O–H groups in total. The first-order chi connectivity index (χ1) is 11.8. The van der Waals surface area contributed by atoms with E-state index in [4.69, 9.17) is 0 Å². The maximum atomic E-state index is 12.9. The smallest absolute Gasteiger partial charge is 0.254 e. The van der Waals surface area contributed by atoms with Crippen molar-refractivity contribution in [3.05, 3.63) is 65.7 Å². The predicted octanol–water partition coefficient (Wildman–Crippen LogP) is 2.83. The largest absolute Gasteiger partial charge is 0.368 e. The Labute approximate surface area is 156 Å². The van der Waals surface area contributed by atoms with Crippen molar-refractivity contribution in [1.82, 2.24) is 10.2 Å². The predicted molar refractivity (Wildman–Crippen MR) is 106 cm³/mol. The summed E-state index contributed by atoms with van der Waals surface area (Å²) in [7, 11) is 1.94. The van der Waals surface area contributed by atoms with Gasteiger partial charge in [-0.05, 0) is 43.8 Å². The van der Waals surface area contributed by atoms with E-state index in [0.717, 1.165) is 50.3 Å². The van der Waals surface area contributed by atoms with E-state index in [1.807, 2.05) is 36.2 Å². The first kappa shape index (κ1) is 19.3. The van der Waals surface area contributed by atoms with E-state index in [9.17, 15) is 4.79 Å². The Morgan fingerprint density at radius 2 is 1.60 bits per heavy atom. The fourth-order valence-electron chi connectivity index (χ4n) is 3.18. The van der Waals surface area contributed by atoms with Crippen LogP contribution in [0.4, 0.5) is 5.69 Å². The average Bonchev–Trinajstić information content (AvgIpc) is 2.67. The molecule has 0 bridgehead atoms. The van der Waals surface area contributed by atoms with E-state index in [2.05, 4.69) is 40.5 Å². The molecule has 0 spiro atoms. The van der Waals surface area contributed by atoms with Crippen molar-refractivity contribution in [1.29, 1.82) is 0 Å². The van der Waals surface area contributed by atoms with Crippen LogP contribution in [0.1, 0.15) is 15.9 Å². The van der Waals surface area contributed by atoms with Crippen LogP contribution in [0.15, 0.2) is 54.6 Å².